The number of aromatic nitrogens is 4. The van der Waals surface area contributed by atoms with Crippen LogP contribution >= 0.6 is 15.9 Å². The number of hydrogen-bond donors (Lipinski definition) is 0. The fraction of sp³-hybridized carbons (Fsp3) is 0.353. The van der Waals surface area contributed by atoms with Crippen molar-refractivity contribution in [2.45, 2.75) is 37.9 Å². The van der Waals surface area contributed by atoms with Crippen molar-refractivity contribution in [2.24, 2.45) is 0 Å². The van der Waals surface area contributed by atoms with Gasteiger partial charge in [0.15, 0.2) is 10.7 Å². The predicted octanol–water partition coefficient (Wildman–Crippen LogP) is 2.92. The molecule has 0 amide bonds. The molecule has 0 fully saturated rings. The van der Waals surface area contributed by atoms with Crippen molar-refractivity contribution in [1.82, 2.24) is 23.8 Å². The Morgan fingerprint density at radius 1 is 1.23 bits per heavy atom. The van der Waals surface area contributed by atoms with Crippen molar-refractivity contribution in [3.05, 3.63) is 46.6 Å². The number of rotatable bonds is 3. The second-order valence-corrected chi connectivity index (χ2v) is 9.44. The van der Waals surface area contributed by atoms with Crippen LogP contribution in [0, 0.1) is 0 Å². The highest BCUT2D eigenvalue weighted by molar-refractivity contribution is 9.10. The summed E-state index contributed by atoms with van der Waals surface area (Å²) in [5, 5.41) is 0.981. The summed E-state index contributed by atoms with van der Waals surface area (Å²) in [4.78, 5) is 13.0. The van der Waals surface area contributed by atoms with Gasteiger partial charge in [-0.2, -0.15) is 4.31 Å². The van der Waals surface area contributed by atoms with Gasteiger partial charge in [-0.15, -0.1) is 0 Å². The molecule has 0 saturated carbocycles. The Labute approximate surface area is 160 Å². The first-order valence-corrected chi connectivity index (χ1v) is 10.6. The number of hydrogen-bond acceptors (Lipinski definition) is 5. The standard InChI is InChI=1S/C17H18BrN5O2S/c1-11(2)22-9-16(20-10-22)26(24,25)23-4-3-15-13(8-23)5-12-6-14(18)7-19-17(12)21-15/h5-7,9-11H,3-4,8H2,1-2H3. The molecular formula is C17H18BrN5O2S. The van der Waals surface area contributed by atoms with Gasteiger partial charge in [-0.3, -0.25) is 0 Å². The lowest BCUT2D eigenvalue weighted by molar-refractivity contribution is 0.387. The second-order valence-electron chi connectivity index (χ2n) is 6.64. The quantitative estimate of drug-likeness (QED) is 0.631. The molecule has 3 aromatic rings. The van der Waals surface area contributed by atoms with Gasteiger partial charge in [0.2, 0.25) is 0 Å². The third kappa shape index (κ3) is 3.04. The number of imidazole rings is 1. The van der Waals surface area contributed by atoms with Gasteiger partial charge in [0.1, 0.15) is 0 Å². The Morgan fingerprint density at radius 2 is 2.04 bits per heavy atom. The summed E-state index contributed by atoms with van der Waals surface area (Å²) in [5.74, 6) is 0. The Hall–Kier alpha value is -1.84. The Balaban J connectivity index is 1.68. The van der Waals surface area contributed by atoms with Gasteiger partial charge in [-0.25, -0.2) is 23.4 Å². The molecule has 3 aromatic heterocycles. The van der Waals surface area contributed by atoms with Crippen molar-refractivity contribution < 1.29 is 8.42 Å². The Morgan fingerprint density at radius 3 is 2.77 bits per heavy atom. The number of fused-ring (bicyclic) bond motifs is 2. The average Bonchev–Trinajstić information content (AvgIpc) is 3.10. The summed E-state index contributed by atoms with van der Waals surface area (Å²) in [6.07, 6.45) is 5.43. The fourth-order valence-electron chi connectivity index (χ4n) is 3.04. The smallest absolute Gasteiger partial charge is 0.262 e. The zero-order valence-electron chi connectivity index (χ0n) is 14.4. The number of pyridine rings is 2. The Bertz CT molecular complexity index is 1090. The average molecular weight is 436 g/mol. The monoisotopic (exact) mass is 435 g/mol. The van der Waals surface area contributed by atoms with Crippen LogP contribution in [0.2, 0.25) is 0 Å². The van der Waals surface area contributed by atoms with Gasteiger partial charge < -0.3 is 4.57 Å². The number of nitrogens with zero attached hydrogens (tertiary/aromatic N) is 5. The maximum absolute atomic E-state index is 13.0. The zero-order valence-corrected chi connectivity index (χ0v) is 16.8. The molecule has 1 aliphatic heterocycles. The molecule has 0 aliphatic carbocycles. The van der Waals surface area contributed by atoms with Crippen molar-refractivity contribution in [1.29, 1.82) is 0 Å². The summed E-state index contributed by atoms with van der Waals surface area (Å²) < 4.78 is 30.1. The maximum Gasteiger partial charge on any atom is 0.262 e. The van der Waals surface area contributed by atoms with Crippen LogP contribution in [0.1, 0.15) is 31.1 Å². The van der Waals surface area contributed by atoms with Crippen molar-refractivity contribution in [3.63, 3.8) is 0 Å². The van der Waals surface area contributed by atoms with E-state index in [2.05, 4.69) is 30.9 Å². The SMILES string of the molecule is CC(C)n1cnc(S(=O)(=O)N2CCc3nc4ncc(Br)cc4cc3C2)c1. The number of sulfonamides is 1. The van der Waals surface area contributed by atoms with Gasteiger partial charge in [0.25, 0.3) is 10.0 Å². The molecule has 4 heterocycles. The van der Waals surface area contributed by atoms with E-state index in [1.54, 1.807) is 23.3 Å². The van der Waals surface area contributed by atoms with Crippen LogP contribution in [0.15, 0.2) is 40.4 Å². The topological polar surface area (TPSA) is 81.0 Å². The molecule has 1 aliphatic rings. The van der Waals surface area contributed by atoms with E-state index in [1.165, 1.54) is 4.31 Å². The van der Waals surface area contributed by atoms with Gasteiger partial charge in [0.05, 0.1) is 6.33 Å². The van der Waals surface area contributed by atoms with E-state index in [9.17, 15) is 8.42 Å². The highest BCUT2D eigenvalue weighted by Crippen LogP contribution is 2.27. The third-order valence-corrected chi connectivity index (χ3v) is 6.69. The van der Waals surface area contributed by atoms with Crippen LogP contribution < -0.4 is 0 Å². The minimum atomic E-state index is -3.63. The van der Waals surface area contributed by atoms with E-state index in [-0.39, 0.29) is 11.1 Å². The second kappa shape index (κ2) is 6.40. The van der Waals surface area contributed by atoms with E-state index in [0.717, 1.165) is 21.1 Å². The first-order valence-electron chi connectivity index (χ1n) is 8.32. The molecule has 4 rings (SSSR count). The van der Waals surface area contributed by atoms with E-state index in [0.29, 0.717) is 25.2 Å². The molecule has 0 spiro atoms. The lowest BCUT2D eigenvalue weighted by Gasteiger charge is -2.27. The highest BCUT2D eigenvalue weighted by atomic mass is 79.9. The molecule has 0 bridgehead atoms. The van der Waals surface area contributed by atoms with Gasteiger partial charge in [-0.1, -0.05) is 0 Å². The summed E-state index contributed by atoms with van der Waals surface area (Å²) in [5.41, 5.74) is 2.50. The lowest BCUT2D eigenvalue weighted by atomic mass is 10.1. The molecule has 0 N–H and O–H groups in total. The molecule has 0 unspecified atom stereocenters. The predicted molar refractivity (Wildman–Crippen MR) is 101 cm³/mol. The molecule has 0 radical (unpaired) electrons. The molecule has 7 nitrogen and oxygen atoms in total. The van der Waals surface area contributed by atoms with Crippen LogP contribution in [-0.4, -0.2) is 38.8 Å². The van der Waals surface area contributed by atoms with E-state index in [1.807, 2.05) is 26.0 Å². The van der Waals surface area contributed by atoms with E-state index < -0.39 is 10.0 Å². The molecular weight excluding hydrogens is 418 g/mol. The molecule has 26 heavy (non-hydrogen) atoms. The van der Waals surface area contributed by atoms with Crippen LogP contribution in [0.25, 0.3) is 11.0 Å². The van der Waals surface area contributed by atoms with Crippen LogP contribution in [0.4, 0.5) is 0 Å². The normalized spacial score (nSPS) is 15.5. The van der Waals surface area contributed by atoms with Crippen LogP contribution in [-0.2, 0) is 23.0 Å². The summed E-state index contributed by atoms with van der Waals surface area (Å²) in [6.45, 7) is 4.65. The molecule has 0 saturated heterocycles. The van der Waals surface area contributed by atoms with E-state index in [4.69, 9.17) is 0 Å². The largest absolute Gasteiger partial charge is 0.334 e. The minimum absolute atomic E-state index is 0.0906. The first kappa shape index (κ1) is 17.6. The maximum atomic E-state index is 13.0. The minimum Gasteiger partial charge on any atom is -0.334 e. The van der Waals surface area contributed by atoms with Crippen molar-refractivity contribution >= 4 is 37.0 Å². The number of halogens is 1. The highest BCUT2D eigenvalue weighted by Gasteiger charge is 2.31. The van der Waals surface area contributed by atoms with Gasteiger partial charge in [0, 0.05) is 53.5 Å². The molecule has 136 valence electrons. The molecule has 9 heteroatoms. The first-order chi connectivity index (χ1) is 12.3. The molecule has 0 aromatic carbocycles. The summed E-state index contributed by atoms with van der Waals surface area (Å²) in [7, 11) is -3.63. The zero-order chi connectivity index (χ0) is 18.5. The molecule has 0 atom stereocenters. The van der Waals surface area contributed by atoms with Crippen molar-refractivity contribution in [2.75, 3.05) is 6.54 Å². The van der Waals surface area contributed by atoms with Crippen molar-refractivity contribution in [3.8, 4) is 0 Å². The van der Waals surface area contributed by atoms with Crippen LogP contribution in [0.3, 0.4) is 0 Å². The Kier molecular flexibility index (Phi) is 4.32. The van der Waals surface area contributed by atoms with Gasteiger partial charge in [-0.05, 0) is 47.5 Å². The van der Waals surface area contributed by atoms with Gasteiger partial charge >= 0.3 is 0 Å². The lowest BCUT2D eigenvalue weighted by Crippen LogP contribution is -2.36. The summed E-state index contributed by atoms with van der Waals surface area (Å²) >= 11 is 3.41. The summed E-state index contributed by atoms with van der Waals surface area (Å²) in [6, 6.07) is 4.08. The third-order valence-electron chi connectivity index (χ3n) is 4.53. The van der Waals surface area contributed by atoms with E-state index >= 15 is 0 Å². The fourth-order valence-corrected chi connectivity index (χ4v) is 4.73. The van der Waals surface area contributed by atoms with Crippen LogP contribution in [0.5, 0.6) is 0 Å².